The van der Waals surface area contributed by atoms with E-state index < -0.39 is 5.97 Å². The van der Waals surface area contributed by atoms with Crippen LogP contribution in [0.3, 0.4) is 0 Å². The van der Waals surface area contributed by atoms with Gasteiger partial charge >= 0.3 is 5.97 Å². The van der Waals surface area contributed by atoms with Gasteiger partial charge in [0.15, 0.2) is 0 Å². The van der Waals surface area contributed by atoms with Crippen molar-refractivity contribution in [3.63, 3.8) is 0 Å². The molecule has 2 aromatic rings. The van der Waals surface area contributed by atoms with Crippen LogP contribution in [-0.4, -0.2) is 41.9 Å². The number of carboxylic acid groups (broad SMARTS) is 1. The molecule has 1 fully saturated rings. The number of ether oxygens (including phenoxy) is 1. The molecular weight excluding hydrogens is 404 g/mol. The summed E-state index contributed by atoms with van der Waals surface area (Å²) in [5.41, 5.74) is 4.12. The first-order chi connectivity index (χ1) is 15.4. The van der Waals surface area contributed by atoms with Crippen LogP contribution in [0.2, 0.25) is 0 Å². The van der Waals surface area contributed by atoms with Gasteiger partial charge in [-0.3, -0.25) is 4.79 Å². The van der Waals surface area contributed by atoms with E-state index in [0.717, 1.165) is 55.2 Å². The molecule has 1 aliphatic heterocycles. The van der Waals surface area contributed by atoms with Gasteiger partial charge in [0.25, 0.3) is 0 Å². The van der Waals surface area contributed by atoms with E-state index in [2.05, 4.69) is 35.1 Å². The zero-order chi connectivity index (χ0) is 23.1. The topological polar surface area (TPSA) is 98.5 Å². The van der Waals surface area contributed by atoms with Crippen molar-refractivity contribution < 1.29 is 14.6 Å². The number of aromatic nitrogens is 1. The Labute approximate surface area is 190 Å². The maximum atomic E-state index is 11.3. The quantitative estimate of drug-likeness (QED) is 0.576. The molecule has 0 radical (unpaired) electrons. The molecule has 0 bridgehead atoms. The van der Waals surface area contributed by atoms with Gasteiger partial charge in [0.1, 0.15) is 11.8 Å². The van der Waals surface area contributed by atoms with Crippen LogP contribution in [-0.2, 0) is 9.53 Å². The number of pyridine rings is 1. The summed E-state index contributed by atoms with van der Waals surface area (Å²) < 4.78 is 5.59. The number of aliphatic carboxylic acids is 1. The third kappa shape index (κ3) is 6.21. The summed E-state index contributed by atoms with van der Waals surface area (Å²) in [6.45, 7) is 8.79. The summed E-state index contributed by atoms with van der Waals surface area (Å²) >= 11 is 0. The number of nitrogens with one attached hydrogen (secondary N) is 1. The molecule has 7 heteroatoms. The van der Waals surface area contributed by atoms with Gasteiger partial charge in [-0.1, -0.05) is 26.8 Å². The molecule has 170 valence electrons. The SMILES string of the molecule is CC(C)CN(c1ccc(C(C)CC(=O)O)cc1Nc1ccc(C#N)nc1)C1CCOCC1. The minimum atomic E-state index is -0.809. The number of benzene rings is 1. The van der Waals surface area contributed by atoms with Crippen molar-refractivity contribution in [2.75, 3.05) is 30.0 Å². The maximum absolute atomic E-state index is 11.3. The second-order valence-electron chi connectivity index (χ2n) is 8.83. The van der Waals surface area contributed by atoms with Crippen LogP contribution in [0.15, 0.2) is 36.5 Å². The fraction of sp³-hybridized carbons (Fsp3) is 0.480. The lowest BCUT2D eigenvalue weighted by molar-refractivity contribution is -0.137. The van der Waals surface area contributed by atoms with Crippen LogP contribution in [0.1, 0.15) is 57.2 Å². The van der Waals surface area contributed by atoms with Crippen molar-refractivity contribution >= 4 is 23.0 Å². The van der Waals surface area contributed by atoms with Crippen LogP contribution < -0.4 is 10.2 Å². The molecule has 0 saturated carbocycles. The second kappa shape index (κ2) is 11.0. The lowest BCUT2D eigenvalue weighted by Crippen LogP contribution is -2.42. The molecule has 1 unspecified atom stereocenters. The molecule has 0 spiro atoms. The van der Waals surface area contributed by atoms with E-state index in [1.165, 1.54) is 0 Å². The van der Waals surface area contributed by atoms with Gasteiger partial charge in [-0.25, -0.2) is 4.98 Å². The number of nitriles is 1. The highest BCUT2D eigenvalue weighted by molar-refractivity contribution is 5.77. The fourth-order valence-corrected chi connectivity index (χ4v) is 4.11. The highest BCUT2D eigenvalue weighted by Gasteiger charge is 2.25. The Morgan fingerprint density at radius 3 is 2.62 bits per heavy atom. The van der Waals surface area contributed by atoms with E-state index in [-0.39, 0.29) is 12.3 Å². The molecule has 2 heterocycles. The zero-order valence-corrected chi connectivity index (χ0v) is 19.0. The number of hydrogen-bond acceptors (Lipinski definition) is 6. The summed E-state index contributed by atoms with van der Waals surface area (Å²) in [7, 11) is 0. The fourth-order valence-electron chi connectivity index (χ4n) is 4.11. The Kier molecular flexibility index (Phi) is 8.07. The molecule has 1 aromatic heterocycles. The predicted octanol–water partition coefficient (Wildman–Crippen LogP) is 4.92. The molecule has 0 aliphatic carbocycles. The normalized spacial score (nSPS) is 15.2. The molecule has 1 aliphatic rings. The van der Waals surface area contributed by atoms with Crippen LogP contribution in [0.5, 0.6) is 0 Å². The van der Waals surface area contributed by atoms with Gasteiger partial charge in [-0.15, -0.1) is 0 Å². The van der Waals surface area contributed by atoms with E-state index in [4.69, 9.17) is 10.00 Å². The van der Waals surface area contributed by atoms with Crippen molar-refractivity contribution in [1.82, 2.24) is 4.98 Å². The average molecular weight is 437 g/mol. The highest BCUT2D eigenvalue weighted by Crippen LogP contribution is 2.36. The molecule has 7 nitrogen and oxygen atoms in total. The second-order valence-corrected chi connectivity index (χ2v) is 8.83. The Balaban J connectivity index is 2.00. The van der Waals surface area contributed by atoms with Gasteiger partial charge < -0.3 is 20.1 Å². The smallest absolute Gasteiger partial charge is 0.303 e. The molecule has 32 heavy (non-hydrogen) atoms. The lowest BCUT2D eigenvalue weighted by atomic mass is 9.95. The first-order valence-electron chi connectivity index (χ1n) is 11.2. The number of rotatable bonds is 9. The molecule has 0 amide bonds. The van der Waals surface area contributed by atoms with Gasteiger partial charge in [-0.05, 0) is 54.5 Å². The van der Waals surface area contributed by atoms with Crippen LogP contribution >= 0.6 is 0 Å². The van der Waals surface area contributed by atoms with E-state index >= 15 is 0 Å². The van der Waals surface area contributed by atoms with Crippen molar-refractivity contribution in [2.45, 2.75) is 52.0 Å². The monoisotopic (exact) mass is 436 g/mol. The Bertz CT molecular complexity index is 947. The summed E-state index contributed by atoms with van der Waals surface area (Å²) in [4.78, 5) is 17.9. The Morgan fingerprint density at radius 1 is 1.28 bits per heavy atom. The number of carbonyl (C=O) groups is 1. The first kappa shape index (κ1) is 23.6. The van der Waals surface area contributed by atoms with E-state index in [9.17, 15) is 9.90 Å². The van der Waals surface area contributed by atoms with Gasteiger partial charge in [0.05, 0.1) is 29.7 Å². The zero-order valence-electron chi connectivity index (χ0n) is 19.0. The van der Waals surface area contributed by atoms with E-state index in [1.807, 2.05) is 31.2 Å². The highest BCUT2D eigenvalue weighted by atomic mass is 16.5. The molecule has 3 rings (SSSR count). The first-order valence-corrected chi connectivity index (χ1v) is 11.2. The van der Waals surface area contributed by atoms with Crippen molar-refractivity contribution in [3.8, 4) is 6.07 Å². The molecule has 2 N–H and O–H groups in total. The lowest BCUT2D eigenvalue weighted by Gasteiger charge is -2.38. The molecule has 1 aromatic carbocycles. The number of nitrogens with zero attached hydrogens (tertiary/aromatic N) is 3. The van der Waals surface area contributed by atoms with Gasteiger partial charge in [0, 0.05) is 25.8 Å². The minimum Gasteiger partial charge on any atom is -0.481 e. The van der Waals surface area contributed by atoms with Crippen molar-refractivity contribution in [2.24, 2.45) is 5.92 Å². The van der Waals surface area contributed by atoms with Crippen molar-refractivity contribution in [3.05, 3.63) is 47.8 Å². The Morgan fingerprint density at radius 2 is 2.03 bits per heavy atom. The largest absolute Gasteiger partial charge is 0.481 e. The van der Waals surface area contributed by atoms with Crippen molar-refractivity contribution in [1.29, 1.82) is 5.26 Å². The van der Waals surface area contributed by atoms with E-state index in [0.29, 0.717) is 17.7 Å². The number of anilines is 3. The van der Waals surface area contributed by atoms with E-state index in [1.54, 1.807) is 12.3 Å². The average Bonchev–Trinajstić information content (AvgIpc) is 2.78. The third-order valence-electron chi connectivity index (χ3n) is 5.73. The Hall–Kier alpha value is -3.11. The van der Waals surface area contributed by atoms with Crippen LogP contribution in [0.4, 0.5) is 17.1 Å². The van der Waals surface area contributed by atoms with Gasteiger partial charge in [0.2, 0.25) is 0 Å². The molecular formula is C25H32N4O3. The third-order valence-corrected chi connectivity index (χ3v) is 5.73. The van der Waals surface area contributed by atoms with Crippen LogP contribution in [0, 0.1) is 17.2 Å². The summed E-state index contributed by atoms with van der Waals surface area (Å²) in [5.74, 6) is -0.438. The standard InChI is InChI=1S/C25H32N4O3/c1-17(2)16-29(22-8-10-32-11-9-22)24-7-4-19(18(3)12-25(30)31)13-23(24)28-21-6-5-20(14-26)27-15-21/h4-7,13,15,17-18,22,28H,8-12,16H2,1-3H3,(H,30,31). The predicted molar refractivity (Wildman–Crippen MR) is 125 cm³/mol. The minimum absolute atomic E-state index is 0.0763. The maximum Gasteiger partial charge on any atom is 0.303 e. The van der Waals surface area contributed by atoms with Gasteiger partial charge in [-0.2, -0.15) is 5.26 Å². The molecule has 1 atom stereocenters. The summed E-state index contributed by atoms with van der Waals surface area (Å²) in [6.07, 6.45) is 3.67. The summed E-state index contributed by atoms with van der Waals surface area (Å²) in [5, 5.41) is 21.7. The number of carboxylic acids is 1. The summed E-state index contributed by atoms with van der Waals surface area (Å²) in [6, 6.07) is 12.1. The van der Waals surface area contributed by atoms with Crippen LogP contribution in [0.25, 0.3) is 0 Å². The molecule has 1 saturated heterocycles. The number of hydrogen-bond donors (Lipinski definition) is 2.